The predicted octanol–water partition coefficient (Wildman–Crippen LogP) is 1.36. The number of carbonyl (C=O) groups is 2. The van der Waals surface area contributed by atoms with Gasteiger partial charge in [0.1, 0.15) is 0 Å². The number of likely N-dealkylation sites (tertiary alicyclic amines) is 1. The highest BCUT2D eigenvalue weighted by molar-refractivity contribution is 5.90. The summed E-state index contributed by atoms with van der Waals surface area (Å²) in [6, 6.07) is 7.18. The Bertz CT molecular complexity index is 1100. The Hall–Kier alpha value is -3.15. The minimum absolute atomic E-state index is 0.134. The first-order valence-electron chi connectivity index (χ1n) is 10.4. The number of likely N-dealkylation sites (N-methyl/N-ethyl adjacent to an activating group) is 1. The normalized spacial score (nSPS) is 22.6. The van der Waals surface area contributed by atoms with Crippen LogP contribution in [0.1, 0.15) is 59.6 Å². The number of aromatic nitrogens is 2. The summed E-state index contributed by atoms with van der Waals surface area (Å²) in [5, 5.41) is 25.5. The quantitative estimate of drug-likeness (QED) is 0.571. The van der Waals surface area contributed by atoms with Gasteiger partial charge in [-0.1, -0.05) is 17.9 Å². The number of aliphatic hydroxyl groups is 2. The number of ether oxygens (including phenoxy) is 1. The molecule has 31 heavy (non-hydrogen) atoms. The van der Waals surface area contributed by atoms with Crippen LogP contribution in [0.2, 0.25) is 0 Å². The monoisotopic (exact) mass is 423 g/mol. The van der Waals surface area contributed by atoms with E-state index in [1.165, 1.54) is 4.90 Å². The van der Waals surface area contributed by atoms with Crippen molar-refractivity contribution < 1.29 is 24.5 Å². The molecule has 1 aliphatic carbocycles. The van der Waals surface area contributed by atoms with Crippen molar-refractivity contribution in [2.75, 3.05) is 20.2 Å². The maximum atomic E-state index is 12.4. The lowest BCUT2D eigenvalue weighted by atomic mass is 9.93. The zero-order valence-electron chi connectivity index (χ0n) is 17.6. The molecule has 2 aliphatic rings. The van der Waals surface area contributed by atoms with Gasteiger partial charge in [0.25, 0.3) is 5.91 Å². The maximum absolute atomic E-state index is 12.4. The maximum Gasteiger partial charge on any atom is 0.359 e. The summed E-state index contributed by atoms with van der Waals surface area (Å²) in [5.74, 6) is 4.66. The molecule has 1 aromatic carbocycles. The highest BCUT2D eigenvalue weighted by Gasteiger charge is 2.42. The standard InChI is InChI=1S/C23H25N3O5/c1-3-31-21(28)20-19-17(8-5-9-18(19)27)26(24-20)16-7-4-6-15(14-16)10-11-23(30)12-13-25(2)22(23)29/h4,6-7,14,18,27,30H,3,5,8-9,12-13H2,1-2H3/t18?,23-/m0/s1. The van der Waals surface area contributed by atoms with E-state index in [9.17, 15) is 19.8 Å². The lowest BCUT2D eigenvalue weighted by molar-refractivity contribution is -0.137. The fourth-order valence-electron chi connectivity index (χ4n) is 4.09. The molecule has 1 amide bonds. The minimum Gasteiger partial charge on any atom is -0.461 e. The van der Waals surface area contributed by atoms with E-state index < -0.39 is 23.6 Å². The van der Waals surface area contributed by atoms with E-state index in [4.69, 9.17) is 4.74 Å². The molecule has 0 bridgehead atoms. The second-order valence-electron chi connectivity index (χ2n) is 7.89. The first kappa shape index (κ1) is 21.1. The molecule has 1 fully saturated rings. The summed E-state index contributed by atoms with van der Waals surface area (Å²) < 4.78 is 6.78. The van der Waals surface area contributed by atoms with Crippen LogP contribution in [0.5, 0.6) is 0 Å². The van der Waals surface area contributed by atoms with Crippen LogP contribution < -0.4 is 0 Å². The van der Waals surface area contributed by atoms with Crippen molar-refractivity contribution >= 4 is 11.9 Å². The topological polar surface area (TPSA) is 105 Å². The minimum atomic E-state index is -1.67. The van der Waals surface area contributed by atoms with Gasteiger partial charge in [-0.25, -0.2) is 9.48 Å². The molecule has 4 rings (SSSR count). The van der Waals surface area contributed by atoms with Crippen LogP contribution in [-0.4, -0.2) is 62.6 Å². The zero-order valence-corrected chi connectivity index (χ0v) is 17.6. The van der Waals surface area contributed by atoms with Crippen LogP contribution in [0, 0.1) is 11.8 Å². The van der Waals surface area contributed by atoms with Crippen molar-refractivity contribution in [3.8, 4) is 17.5 Å². The van der Waals surface area contributed by atoms with Gasteiger partial charge in [-0.15, -0.1) is 0 Å². The summed E-state index contributed by atoms with van der Waals surface area (Å²) >= 11 is 0. The molecule has 1 aromatic heterocycles. The lowest BCUT2D eigenvalue weighted by Crippen LogP contribution is -2.37. The van der Waals surface area contributed by atoms with Crippen LogP contribution >= 0.6 is 0 Å². The zero-order chi connectivity index (χ0) is 22.2. The molecule has 1 unspecified atom stereocenters. The first-order chi connectivity index (χ1) is 14.8. The molecule has 8 nitrogen and oxygen atoms in total. The highest BCUT2D eigenvalue weighted by Crippen LogP contribution is 2.34. The number of benzene rings is 1. The SMILES string of the molecule is CCOC(=O)c1nn(-c2cccc(C#C[C@]3(O)CCN(C)C3=O)c2)c2c1C(O)CCC2. The van der Waals surface area contributed by atoms with Crippen molar-refractivity contribution in [2.45, 2.75) is 44.3 Å². The fraction of sp³-hybridized carbons (Fsp3) is 0.435. The van der Waals surface area contributed by atoms with Gasteiger partial charge in [-0.3, -0.25) is 4.79 Å². The third-order valence-corrected chi connectivity index (χ3v) is 5.73. The largest absolute Gasteiger partial charge is 0.461 e. The van der Waals surface area contributed by atoms with Crippen molar-refractivity contribution in [1.82, 2.24) is 14.7 Å². The molecule has 1 saturated heterocycles. The van der Waals surface area contributed by atoms with Gasteiger partial charge in [-0.2, -0.15) is 5.10 Å². The average molecular weight is 423 g/mol. The summed E-state index contributed by atoms with van der Waals surface area (Å²) in [4.78, 5) is 26.0. The van der Waals surface area contributed by atoms with Crippen molar-refractivity contribution in [3.05, 3.63) is 46.8 Å². The third kappa shape index (κ3) is 3.82. The van der Waals surface area contributed by atoms with E-state index in [1.54, 1.807) is 36.9 Å². The number of esters is 1. The number of aliphatic hydroxyl groups excluding tert-OH is 1. The molecule has 0 spiro atoms. The number of carbonyl (C=O) groups excluding carboxylic acids is 2. The molecule has 162 valence electrons. The fourth-order valence-corrected chi connectivity index (χ4v) is 4.09. The number of amides is 1. The summed E-state index contributed by atoms with van der Waals surface area (Å²) in [6.45, 7) is 2.40. The summed E-state index contributed by atoms with van der Waals surface area (Å²) in [5.41, 5.74) is 1.04. The number of nitrogens with zero attached hydrogens (tertiary/aromatic N) is 3. The molecule has 2 aromatic rings. The lowest BCUT2D eigenvalue weighted by Gasteiger charge is -2.19. The molecule has 2 heterocycles. The Morgan fingerprint density at radius 3 is 2.94 bits per heavy atom. The van der Waals surface area contributed by atoms with Gasteiger partial charge >= 0.3 is 5.97 Å². The van der Waals surface area contributed by atoms with Crippen molar-refractivity contribution in [3.63, 3.8) is 0 Å². The Kier molecular flexibility index (Phi) is 5.56. The highest BCUT2D eigenvalue weighted by atomic mass is 16.5. The predicted molar refractivity (Wildman–Crippen MR) is 112 cm³/mol. The number of hydrogen-bond donors (Lipinski definition) is 2. The molecule has 2 atom stereocenters. The second-order valence-corrected chi connectivity index (χ2v) is 7.89. The van der Waals surface area contributed by atoms with Gasteiger partial charge in [0.15, 0.2) is 5.69 Å². The Balaban J connectivity index is 1.72. The number of fused-ring (bicyclic) bond motifs is 1. The molecule has 1 aliphatic heterocycles. The van der Waals surface area contributed by atoms with Gasteiger partial charge in [-0.05, 0) is 44.4 Å². The molecular formula is C23H25N3O5. The average Bonchev–Trinajstić information content (AvgIpc) is 3.28. The summed E-state index contributed by atoms with van der Waals surface area (Å²) in [6.07, 6.45) is 1.53. The van der Waals surface area contributed by atoms with E-state index in [0.29, 0.717) is 36.2 Å². The molecule has 2 N–H and O–H groups in total. The molecular weight excluding hydrogens is 398 g/mol. The molecule has 0 saturated carbocycles. The van der Waals surface area contributed by atoms with Gasteiger partial charge in [0.05, 0.1) is 24.1 Å². The Labute approximate surface area is 180 Å². The number of rotatable bonds is 3. The van der Waals surface area contributed by atoms with E-state index in [1.807, 2.05) is 6.07 Å². The van der Waals surface area contributed by atoms with Crippen LogP contribution in [0.3, 0.4) is 0 Å². The Morgan fingerprint density at radius 2 is 2.23 bits per heavy atom. The van der Waals surface area contributed by atoms with Crippen LogP contribution in [-0.2, 0) is 16.0 Å². The first-order valence-corrected chi connectivity index (χ1v) is 10.4. The van der Waals surface area contributed by atoms with Crippen LogP contribution in [0.4, 0.5) is 0 Å². The molecule has 0 radical (unpaired) electrons. The molecule has 8 heteroatoms. The number of hydrogen-bond acceptors (Lipinski definition) is 6. The van der Waals surface area contributed by atoms with E-state index >= 15 is 0 Å². The van der Waals surface area contributed by atoms with E-state index in [0.717, 1.165) is 12.1 Å². The van der Waals surface area contributed by atoms with E-state index in [2.05, 4.69) is 16.9 Å². The van der Waals surface area contributed by atoms with Gasteiger partial charge < -0.3 is 19.8 Å². The van der Waals surface area contributed by atoms with E-state index in [-0.39, 0.29) is 18.7 Å². The van der Waals surface area contributed by atoms with Crippen molar-refractivity contribution in [1.29, 1.82) is 0 Å². The van der Waals surface area contributed by atoms with Gasteiger partial charge in [0.2, 0.25) is 5.60 Å². The van der Waals surface area contributed by atoms with Gasteiger partial charge in [0, 0.05) is 31.1 Å². The summed E-state index contributed by atoms with van der Waals surface area (Å²) in [7, 11) is 1.64. The third-order valence-electron chi connectivity index (χ3n) is 5.73. The Morgan fingerprint density at radius 1 is 1.42 bits per heavy atom. The second kappa shape index (κ2) is 8.17. The smallest absolute Gasteiger partial charge is 0.359 e. The van der Waals surface area contributed by atoms with Crippen LogP contribution in [0.15, 0.2) is 24.3 Å². The van der Waals surface area contributed by atoms with Crippen molar-refractivity contribution in [2.24, 2.45) is 0 Å². The van der Waals surface area contributed by atoms with Crippen LogP contribution in [0.25, 0.3) is 5.69 Å².